The second-order valence-electron chi connectivity index (χ2n) is 6.70. The fourth-order valence-electron chi connectivity index (χ4n) is 3.18. The van der Waals surface area contributed by atoms with Gasteiger partial charge in [0.05, 0.1) is 5.69 Å². The van der Waals surface area contributed by atoms with Gasteiger partial charge in [-0.3, -0.25) is 9.59 Å². The van der Waals surface area contributed by atoms with Gasteiger partial charge in [-0.2, -0.15) is 13.4 Å². The first-order valence-corrected chi connectivity index (χ1v) is 9.91. The first-order valence-electron chi connectivity index (χ1n) is 8.47. The van der Waals surface area contributed by atoms with Crippen molar-refractivity contribution in [3.05, 3.63) is 24.3 Å². The van der Waals surface area contributed by atoms with Crippen LogP contribution in [0.1, 0.15) is 19.8 Å². The van der Waals surface area contributed by atoms with Crippen molar-refractivity contribution in [2.75, 3.05) is 11.6 Å². The Hall–Kier alpha value is -2.95. The van der Waals surface area contributed by atoms with E-state index in [4.69, 9.17) is 5.73 Å². The van der Waals surface area contributed by atoms with Crippen LogP contribution in [0, 0.1) is 5.92 Å². The Labute approximate surface area is 155 Å². The molecule has 1 fully saturated rings. The number of nitrogens with one attached hydrogen (secondary N) is 1. The van der Waals surface area contributed by atoms with E-state index in [1.807, 2.05) is 6.92 Å². The van der Waals surface area contributed by atoms with Crippen molar-refractivity contribution in [3.8, 4) is 0 Å². The summed E-state index contributed by atoms with van der Waals surface area (Å²) in [5.41, 5.74) is 5.65. The number of aliphatic imine (C=N–C) groups is 1. The molecular weight excluding hydrogens is 372 g/mol. The summed E-state index contributed by atoms with van der Waals surface area (Å²) in [6, 6.07) is 6.19. The Morgan fingerprint density at radius 3 is 2.70 bits per heavy atom. The first-order chi connectivity index (χ1) is 12.8. The van der Waals surface area contributed by atoms with Crippen molar-refractivity contribution in [2.45, 2.75) is 30.7 Å². The summed E-state index contributed by atoms with van der Waals surface area (Å²) in [7, 11) is -3.96. The zero-order valence-corrected chi connectivity index (χ0v) is 15.3. The van der Waals surface area contributed by atoms with Crippen LogP contribution in [0.3, 0.4) is 0 Å². The third-order valence-electron chi connectivity index (χ3n) is 4.69. The van der Waals surface area contributed by atoms with Crippen LogP contribution in [0.25, 0.3) is 0 Å². The summed E-state index contributed by atoms with van der Waals surface area (Å²) in [6.07, 6.45) is 2.15. The lowest BCUT2D eigenvalue weighted by Gasteiger charge is -2.33. The van der Waals surface area contributed by atoms with Crippen LogP contribution in [0.2, 0.25) is 0 Å². The smallest absolute Gasteiger partial charge is 0.287 e. The Kier molecular flexibility index (Phi) is 3.91. The van der Waals surface area contributed by atoms with E-state index in [0.29, 0.717) is 5.92 Å². The van der Waals surface area contributed by atoms with E-state index in [-0.39, 0.29) is 40.9 Å². The van der Waals surface area contributed by atoms with Crippen molar-refractivity contribution >= 4 is 39.3 Å². The standard InChI is InChI=1S/C16H18N6O4S/c1-9(10-6-7-10)18-13(23)8-21-15(14(17)24)19-16-20-27(25,26)12-5-3-2-4-11(12)22(16)21/h2-5,9-10H,6-8H2,1H3,(H2,17,24)(H,18,23)/t9-/m0/s1. The third-order valence-corrected chi connectivity index (χ3v) is 5.99. The van der Waals surface area contributed by atoms with Crippen LogP contribution < -0.4 is 16.1 Å². The van der Waals surface area contributed by atoms with Gasteiger partial charge < -0.3 is 11.1 Å². The molecule has 4 rings (SSSR count). The van der Waals surface area contributed by atoms with E-state index in [1.54, 1.807) is 18.2 Å². The molecule has 1 aromatic rings. The molecule has 1 saturated carbocycles. The maximum Gasteiger partial charge on any atom is 0.287 e. The third kappa shape index (κ3) is 3.03. The largest absolute Gasteiger partial charge is 0.363 e. The molecule has 142 valence electrons. The highest BCUT2D eigenvalue weighted by atomic mass is 32.2. The summed E-state index contributed by atoms with van der Waals surface area (Å²) in [4.78, 5) is 28.2. The van der Waals surface area contributed by atoms with Crippen molar-refractivity contribution in [1.29, 1.82) is 0 Å². The van der Waals surface area contributed by atoms with Crippen LogP contribution in [0.15, 0.2) is 38.6 Å². The summed E-state index contributed by atoms with van der Waals surface area (Å²) in [5, 5.41) is 5.48. The van der Waals surface area contributed by atoms with Crippen LogP contribution in [-0.4, -0.2) is 49.6 Å². The summed E-state index contributed by atoms with van der Waals surface area (Å²) in [5.74, 6) is -1.20. The van der Waals surface area contributed by atoms with E-state index >= 15 is 0 Å². The molecule has 1 aliphatic carbocycles. The van der Waals surface area contributed by atoms with Gasteiger partial charge in [-0.05, 0) is 37.8 Å². The van der Waals surface area contributed by atoms with Crippen molar-refractivity contribution in [3.63, 3.8) is 0 Å². The van der Waals surface area contributed by atoms with E-state index in [1.165, 1.54) is 16.1 Å². The average Bonchev–Trinajstić information content (AvgIpc) is 3.38. The van der Waals surface area contributed by atoms with Gasteiger partial charge in [0.2, 0.25) is 11.7 Å². The van der Waals surface area contributed by atoms with Gasteiger partial charge in [0.25, 0.3) is 21.9 Å². The van der Waals surface area contributed by atoms with Crippen molar-refractivity contribution < 1.29 is 18.0 Å². The van der Waals surface area contributed by atoms with Gasteiger partial charge in [0.15, 0.2) is 0 Å². The maximum atomic E-state index is 12.5. The minimum atomic E-state index is -3.96. The number of amidine groups is 1. The minimum Gasteiger partial charge on any atom is -0.363 e. The highest BCUT2D eigenvalue weighted by Gasteiger charge is 2.42. The molecule has 0 bridgehead atoms. The number of hydrogen-bond acceptors (Lipinski definition) is 7. The monoisotopic (exact) mass is 390 g/mol. The van der Waals surface area contributed by atoms with E-state index in [2.05, 4.69) is 14.7 Å². The van der Waals surface area contributed by atoms with Gasteiger partial charge in [0, 0.05) is 6.04 Å². The fourth-order valence-corrected chi connectivity index (χ4v) is 4.28. The molecule has 1 aromatic carbocycles. The molecule has 1 atom stereocenters. The molecule has 0 radical (unpaired) electrons. The predicted molar refractivity (Wildman–Crippen MR) is 97.2 cm³/mol. The predicted octanol–water partition coefficient (Wildman–Crippen LogP) is -0.420. The molecule has 3 N–H and O–H groups in total. The van der Waals surface area contributed by atoms with Crippen LogP contribution in [0.5, 0.6) is 0 Å². The lowest BCUT2D eigenvalue weighted by atomic mass is 10.2. The number of hydrazine groups is 1. The summed E-state index contributed by atoms with van der Waals surface area (Å²) >= 11 is 0. The average molecular weight is 390 g/mol. The Morgan fingerprint density at radius 2 is 2.04 bits per heavy atom. The number of nitrogens with two attached hydrogens (primary N) is 1. The number of hydrogen-bond donors (Lipinski definition) is 2. The molecular formula is C16H18N6O4S. The van der Waals surface area contributed by atoms with E-state index in [0.717, 1.165) is 12.8 Å². The number of nitrogens with zero attached hydrogens (tertiary/aromatic N) is 4. The van der Waals surface area contributed by atoms with Gasteiger partial charge in [0.1, 0.15) is 11.4 Å². The molecule has 10 nitrogen and oxygen atoms in total. The normalized spacial score (nSPS) is 20.9. The SMILES string of the molecule is C[C@H](NC(=O)CN1C(C(N)=O)=NC2=NS(=O)(=O)c3ccccc3N21)C1CC1. The highest BCUT2D eigenvalue weighted by molar-refractivity contribution is 7.90. The molecule has 2 amide bonds. The first kappa shape index (κ1) is 17.5. The number of guanidine groups is 1. The van der Waals surface area contributed by atoms with Gasteiger partial charge in [-0.1, -0.05) is 12.1 Å². The Balaban J connectivity index is 1.69. The zero-order chi connectivity index (χ0) is 19.3. The maximum absolute atomic E-state index is 12.5. The van der Waals surface area contributed by atoms with E-state index in [9.17, 15) is 18.0 Å². The number of sulfonamides is 1. The quantitative estimate of drug-likeness (QED) is 0.700. The summed E-state index contributed by atoms with van der Waals surface area (Å²) < 4.78 is 28.4. The number of para-hydroxylation sites is 1. The number of benzene rings is 1. The molecule has 2 heterocycles. The van der Waals surface area contributed by atoms with Gasteiger partial charge in [-0.25, -0.2) is 10.0 Å². The topological polar surface area (TPSA) is 138 Å². The molecule has 0 saturated heterocycles. The second-order valence-corrected chi connectivity index (χ2v) is 8.27. The number of rotatable bonds is 5. The zero-order valence-electron chi connectivity index (χ0n) is 14.5. The van der Waals surface area contributed by atoms with Gasteiger partial charge in [-0.15, -0.1) is 4.40 Å². The van der Waals surface area contributed by atoms with E-state index < -0.39 is 15.9 Å². The Morgan fingerprint density at radius 1 is 1.33 bits per heavy atom. The minimum absolute atomic E-state index is 0.0243. The lowest BCUT2D eigenvalue weighted by molar-refractivity contribution is -0.122. The molecule has 11 heteroatoms. The molecule has 3 aliphatic rings. The molecule has 27 heavy (non-hydrogen) atoms. The number of carbonyl (C=O) groups excluding carboxylic acids is 2. The molecule has 0 unspecified atom stereocenters. The van der Waals surface area contributed by atoms with Crippen LogP contribution in [0.4, 0.5) is 5.69 Å². The van der Waals surface area contributed by atoms with Crippen molar-refractivity contribution in [2.24, 2.45) is 21.0 Å². The number of fused-ring (bicyclic) bond motifs is 3. The Bertz CT molecular complexity index is 998. The van der Waals surface area contributed by atoms with Crippen LogP contribution in [-0.2, 0) is 19.6 Å². The number of carbonyl (C=O) groups is 2. The number of amides is 2. The lowest BCUT2D eigenvalue weighted by Crippen LogP contribution is -2.53. The summed E-state index contributed by atoms with van der Waals surface area (Å²) in [6.45, 7) is 1.69. The molecule has 0 spiro atoms. The second kappa shape index (κ2) is 6.05. The number of primary amides is 1. The van der Waals surface area contributed by atoms with Crippen LogP contribution >= 0.6 is 0 Å². The van der Waals surface area contributed by atoms with Crippen molar-refractivity contribution in [1.82, 2.24) is 10.3 Å². The highest BCUT2D eigenvalue weighted by Crippen LogP contribution is 2.35. The molecule has 2 aliphatic heterocycles. The fraction of sp³-hybridized carbons (Fsp3) is 0.375. The number of anilines is 1. The van der Waals surface area contributed by atoms with Gasteiger partial charge >= 0.3 is 0 Å². The molecule has 0 aromatic heterocycles.